The first-order chi connectivity index (χ1) is 11.6. The van der Waals surface area contributed by atoms with Crippen molar-refractivity contribution in [2.75, 3.05) is 38.2 Å². The summed E-state index contributed by atoms with van der Waals surface area (Å²) >= 11 is 0. The molecule has 1 saturated heterocycles. The maximum atomic E-state index is 12.0. The molecule has 0 aliphatic carbocycles. The van der Waals surface area contributed by atoms with E-state index in [0.717, 1.165) is 32.5 Å². The van der Waals surface area contributed by atoms with Crippen molar-refractivity contribution in [3.63, 3.8) is 0 Å². The van der Waals surface area contributed by atoms with Crippen LogP contribution < -0.4 is 5.32 Å². The number of benzene rings is 1. The lowest BCUT2D eigenvalue weighted by atomic mass is 10.2. The van der Waals surface area contributed by atoms with E-state index in [1.165, 1.54) is 0 Å². The molecule has 0 spiro atoms. The Labute approximate surface area is 143 Å². The Kier molecular flexibility index (Phi) is 7.21. The van der Waals surface area contributed by atoms with Crippen molar-refractivity contribution in [3.05, 3.63) is 29.8 Å². The number of hydrogen-bond acceptors (Lipinski definition) is 5. The summed E-state index contributed by atoms with van der Waals surface area (Å²) in [7, 11) is 0. The van der Waals surface area contributed by atoms with Gasteiger partial charge in [-0.25, -0.2) is 4.79 Å². The third kappa shape index (κ3) is 5.32. The van der Waals surface area contributed by atoms with Crippen molar-refractivity contribution in [2.24, 2.45) is 0 Å². The Hall–Kier alpha value is -1.92. The van der Waals surface area contributed by atoms with E-state index in [2.05, 4.69) is 24.1 Å². The average Bonchev–Trinajstić information content (AvgIpc) is 3.14. The van der Waals surface area contributed by atoms with Crippen LogP contribution in [0.4, 0.5) is 5.69 Å². The molecule has 0 saturated carbocycles. The minimum Gasteiger partial charge on any atom is -0.461 e. The molecule has 1 atom stereocenters. The molecule has 0 aromatic heterocycles. The molecular formula is C18H26N2O4. The molecule has 2 rings (SSSR count). The molecule has 1 N–H and O–H groups in total. The Morgan fingerprint density at radius 3 is 2.54 bits per heavy atom. The highest BCUT2D eigenvalue weighted by Gasteiger charge is 2.23. The van der Waals surface area contributed by atoms with Crippen LogP contribution in [0.1, 0.15) is 37.0 Å². The fourth-order valence-corrected chi connectivity index (χ4v) is 2.59. The van der Waals surface area contributed by atoms with Crippen molar-refractivity contribution in [2.45, 2.75) is 32.8 Å². The summed E-state index contributed by atoms with van der Waals surface area (Å²) in [6, 6.07) is 6.72. The molecule has 1 aromatic carbocycles. The number of esters is 1. The second-order valence-corrected chi connectivity index (χ2v) is 5.73. The van der Waals surface area contributed by atoms with Crippen LogP contribution in [0.3, 0.4) is 0 Å². The van der Waals surface area contributed by atoms with Gasteiger partial charge in [-0.1, -0.05) is 13.8 Å². The van der Waals surface area contributed by atoms with Gasteiger partial charge in [0.25, 0.3) is 5.91 Å². The molecule has 1 amide bonds. The summed E-state index contributed by atoms with van der Waals surface area (Å²) in [5.74, 6) is -0.485. The zero-order valence-electron chi connectivity index (χ0n) is 14.4. The van der Waals surface area contributed by atoms with Crippen LogP contribution in [0.5, 0.6) is 0 Å². The van der Waals surface area contributed by atoms with Crippen molar-refractivity contribution in [3.8, 4) is 0 Å². The number of rotatable bonds is 8. The minimum absolute atomic E-state index is 0.137. The first-order valence-electron chi connectivity index (χ1n) is 8.56. The van der Waals surface area contributed by atoms with Crippen molar-refractivity contribution in [1.29, 1.82) is 0 Å². The normalized spacial score (nSPS) is 17.0. The fourth-order valence-electron chi connectivity index (χ4n) is 2.59. The lowest BCUT2D eigenvalue weighted by molar-refractivity contribution is -0.124. The van der Waals surface area contributed by atoms with Crippen LogP contribution in [0.15, 0.2) is 24.3 Å². The fraction of sp³-hybridized carbons (Fsp3) is 0.556. The molecule has 0 bridgehead atoms. The summed E-state index contributed by atoms with van der Waals surface area (Å²) in [6.07, 6.45) is 1.30. The van der Waals surface area contributed by atoms with Crippen LogP contribution >= 0.6 is 0 Å². The first kappa shape index (κ1) is 18.4. The van der Waals surface area contributed by atoms with E-state index in [9.17, 15) is 9.59 Å². The number of carbonyl (C=O) groups excluding carboxylic acids is 2. The zero-order chi connectivity index (χ0) is 17.4. The van der Waals surface area contributed by atoms with Crippen molar-refractivity contribution >= 4 is 17.6 Å². The standard InChI is InChI=1S/C18H26N2O4/c1-3-20(4-2)11-13-24-18(22)14-7-9-15(10-8-14)19-17(21)16-6-5-12-23-16/h7-10,16H,3-6,11-13H2,1-2H3,(H,19,21). The molecule has 1 heterocycles. The van der Waals surface area contributed by atoms with Gasteiger partial charge in [0, 0.05) is 18.8 Å². The van der Waals surface area contributed by atoms with Gasteiger partial charge in [-0.15, -0.1) is 0 Å². The van der Waals surface area contributed by atoms with Gasteiger partial charge >= 0.3 is 5.97 Å². The maximum Gasteiger partial charge on any atom is 0.338 e. The van der Waals surface area contributed by atoms with Crippen molar-refractivity contribution < 1.29 is 19.1 Å². The van der Waals surface area contributed by atoms with Crippen LogP contribution in [0.2, 0.25) is 0 Å². The van der Waals surface area contributed by atoms with Gasteiger partial charge in [-0.05, 0) is 50.2 Å². The van der Waals surface area contributed by atoms with Gasteiger partial charge in [0.1, 0.15) is 12.7 Å². The van der Waals surface area contributed by atoms with E-state index in [1.807, 2.05) is 0 Å². The zero-order valence-corrected chi connectivity index (χ0v) is 14.4. The third-order valence-electron chi connectivity index (χ3n) is 4.15. The third-order valence-corrected chi connectivity index (χ3v) is 4.15. The number of hydrogen-bond donors (Lipinski definition) is 1. The number of anilines is 1. The smallest absolute Gasteiger partial charge is 0.338 e. The van der Waals surface area contributed by atoms with E-state index in [4.69, 9.17) is 9.47 Å². The molecule has 132 valence electrons. The van der Waals surface area contributed by atoms with Gasteiger partial charge in [0.2, 0.25) is 0 Å². The molecule has 6 heteroatoms. The molecule has 1 unspecified atom stereocenters. The number of amides is 1. The van der Waals surface area contributed by atoms with Gasteiger partial charge in [0.05, 0.1) is 5.56 Å². The first-order valence-corrected chi connectivity index (χ1v) is 8.56. The molecule has 1 aromatic rings. The lowest BCUT2D eigenvalue weighted by Gasteiger charge is -2.17. The topological polar surface area (TPSA) is 67.9 Å². The van der Waals surface area contributed by atoms with Crippen LogP contribution in [-0.2, 0) is 14.3 Å². The van der Waals surface area contributed by atoms with Crippen LogP contribution in [-0.4, -0.2) is 55.7 Å². The highest BCUT2D eigenvalue weighted by Crippen LogP contribution is 2.16. The quantitative estimate of drug-likeness (QED) is 0.739. The van der Waals surface area contributed by atoms with Gasteiger partial charge in [-0.3, -0.25) is 4.79 Å². The van der Waals surface area contributed by atoms with E-state index in [-0.39, 0.29) is 18.0 Å². The SMILES string of the molecule is CCN(CC)CCOC(=O)c1ccc(NC(=O)C2CCCO2)cc1. The lowest BCUT2D eigenvalue weighted by Crippen LogP contribution is -2.28. The van der Waals surface area contributed by atoms with E-state index < -0.39 is 0 Å². The molecule has 1 aliphatic heterocycles. The Morgan fingerprint density at radius 2 is 1.96 bits per heavy atom. The molecular weight excluding hydrogens is 308 g/mol. The van der Waals surface area contributed by atoms with Gasteiger partial charge in [0.15, 0.2) is 0 Å². The molecule has 1 fully saturated rings. The molecule has 6 nitrogen and oxygen atoms in total. The number of carbonyl (C=O) groups is 2. The number of likely N-dealkylation sites (N-methyl/N-ethyl adjacent to an activating group) is 1. The highest BCUT2D eigenvalue weighted by molar-refractivity contribution is 5.95. The predicted molar refractivity (Wildman–Crippen MR) is 92.1 cm³/mol. The second kappa shape index (κ2) is 9.39. The highest BCUT2D eigenvalue weighted by atomic mass is 16.5. The Balaban J connectivity index is 1.80. The maximum absolute atomic E-state index is 12.0. The number of nitrogens with one attached hydrogen (secondary N) is 1. The number of ether oxygens (including phenoxy) is 2. The molecule has 1 aliphatic rings. The Bertz CT molecular complexity index is 534. The van der Waals surface area contributed by atoms with Gasteiger partial charge < -0.3 is 19.7 Å². The summed E-state index contributed by atoms with van der Waals surface area (Å²) in [4.78, 5) is 26.2. The summed E-state index contributed by atoms with van der Waals surface area (Å²) in [5.41, 5.74) is 1.12. The van der Waals surface area contributed by atoms with Crippen LogP contribution in [0.25, 0.3) is 0 Å². The van der Waals surface area contributed by atoms with Crippen molar-refractivity contribution in [1.82, 2.24) is 4.90 Å². The van der Waals surface area contributed by atoms with Gasteiger partial charge in [-0.2, -0.15) is 0 Å². The summed E-state index contributed by atoms with van der Waals surface area (Å²) in [5, 5.41) is 2.80. The van der Waals surface area contributed by atoms with E-state index >= 15 is 0 Å². The monoisotopic (exact) mass is 334 g/mol. The average molecular weight is 334 g/mol. The largest absolute Gasteiger partial charge is 0.461 e. The summed E-state index contributed by atoms with van der Waals surface area (Å²) < 4.78 is 10.6. The molecule has 0 radical (unpaired) electrons. The Morgan fingerprint density at radius 1 is 1.25 bits per heavy atom. The van der Waals surface area contributed by atoms with E-state index in [0.29, 0.717) is 24.5 Å². The summed E-state index contributed by atoms with van der Waals surface area (Å²) in [6.45, 7) is 7.77. The minimum atomic E-state index is -0.366. The predicted octanol–water partition coefficient (Wildman–Crippen LogP) is 2.30. The second-order valence-electron chi connectivity index (χ2n) is 5.73. The molecule has 24 heavy (non-hydrogen) atoms. The number of nitrogens with zero attached hydrogens (tertiary/aromatic N) is 1. The van der Waals surface area contributed by atoms with E-state index in [1.54, 1.807) is 24.3 Å². The van der Waals surface area contributed by atoms with Crippen LogP contribution in [0, 0.1) is 0 Å².